The number of nitrogens with zero attached hydrogens (tertiary/aromatic N) is 3. The SMILES string of the molecule is O=C(/C=C/c1ccc2c(c1)CCO2)NCc1nnc2ccccn12. The summed E-state index contributed by atoms with van der Waals surface area (Å²) < 4.78 is 7.33. The Morgan fingerprint density at radius 3 is 3.21 bits per heavy atom. The summed E-state index contributed by atoms with van der Waals surface area (Å²) in [7, 11) is 0. The quantitative estimate of drug-likeness (QED) is 0.747. The smallest absolute Gasteiger partial charge is 0.244 e. The molecule has 0 atom stereocenters. The Balaban J connectivity index is 1.40. The molecule has 0 saturated carbocycles. The van der Waals surface area contributed by atoms with Crippen molar-refractivity contribution in [3.63, 3.8) is 0 Å². The van der Waals surface area contributed by atoms with Crippen molar-refractivity contribution in [2.24, 2.45) is 0 Å². The van der Waals surface area contributed by atoms with Crippen molar-refractivity contribution >= 4 is 17.6 Å². The van der Waals surface area contributed by atoms with Crippen molar-refractivity contribution in [2.75, 3.05) is 6.61 Å². The van der Waals surface area contributed by atoms with Gasteiger partial charge in [-0.1, -0.05) is 12.1 Å². The van der Waals surface area contributed by atoms with Crippen LogP contribution in [-0.4, -0.2) is 27.1 Å². The minimum Gasteiger partial charge on any atom is -0.493 e. The molecule has 1 N–H and O–H groups in total. The van der Waals surface area contributed by atoms with Gasteiger partial charge < -0.3 is 10.1 Å². The molecule has 24 heavy (non-hydrogen) atoms. The number of aromatic nitrogens is 3. The normalized spacial score (nSPS) is 13.2. The molecule has 1 aromatic carbocycles. The van der Waals surface area contributed by atoms with E-state index in [2.05, 4.69) is 21.6 Å². The summed E-state index contributed by atoms with van der Waals surface area (Å²) in [5.74, 6) is 1.47. The van der Waals surface area contributed by atoms with Crippen LogP contribution in [0.5, 0.6) is 5.75 Å². The fraction of sp³-hybridized carbons (Fsp3) is 0.167. The summed E-state index contributed by atoms with van der Waals surface area (Å²) in [6.45, 7) is 1.06. The molecule has 0 bridgehead atoms. The number of benzene rings is 1. The largest absolute Gasteiger partial charge is 0.493 e. The van der Waals surface area contributed by atoms with Gasteiger partial charge in [0.2, 0.25) is 5.91 Å². The lowest BCUT2D eigenvalue weighted by Gasteiger charge is -2.02. The molecule has 6 heteroatoms. The Labute approximate surface area is 138 Å². The Bertz CT molecular complexity index is 930. The molecule has 3 heterocycles. The summed E-state index contributed by atoms with van der Waals surface area (Å²) in [5.41, 5.74) is 2.94. The third-order valence-corrected chi connectivity index (χ3v) is 3.95. The van der Waals surface area contributed by atoms with E-state index in [9.17, 15) is 4.79 Å². The second-order valence-electron chi connectivity index (χ2n) is 5.56. The van der Waals surface area contributed by atoms with Gasteiger partial charge in [0.05, 0.1) is 13.2 Å². The number of rotatable bonds is 4. The van der Waals surface area contributed by atoms with Crippen LogP contribution >= 0.6 is 0 Å². The van der Waals surface area contributed by atoms with E-state index < -0.39 is 0 Å². The van der Waals surface area contributed by atoms with Crippen LogP contribution in [0.1, 0.15) is 17.0 Å². The van der Waals surface area contributed by atoms with E-state index in [0.717, 1.165) is 30.0 Å². The van der Waals surface area contributed by atoms with Gasteiger partial charge in [-0.25, -0.2) is 0 Å². The second-order valence-corrected chi connectivity index (χ2v) is 5.56. The van der Waals surface area contributed by atoms with Crippen LogP contribution in [-0.2, 0) is 17.8 Å². The molecule has 0 spiro atoms. The topological polar surface area (TPSA) is 68.5 Å². The number of nitrogens with one attached hydrogen (secondary N) is 1. The molecule has 0 saturated heterocycles. The van der Waals surface area contributed by atoms with Gasteiger partial charge in [-0.2, -0.15) is 0 Å². The molecular formula is C18H16N4O2. The molecule has 1 amide bonds. The van der Waals surface area contributed by atoms with Gasteiger partial charge in [0.15, 0.2) is 11.5 Å². The summed E-state index contributed by atoms with van der Waals surface area (Å²) in [4.78, 5) is 12.0. The number of pyridine rings is 1. The average Bonchev–Trinajstić information content (AvgIpc) is 3.24. The molecule has 4 rings (SSSR count). The minimum atomic E-state index is -0.167. The van der Waals surface area contributed by atoms with E-state index in [1.165, 1.54) is 11.6 Å². The number of hydrogen-bond donors (Lipinski definition) is 1. The lowest BCUT2D eigenvalue weighted by atomic mass is 10.1. The number of hydrogen-bond acceptors (Lipinski definition) is 4. The van der Waals surface area contributed by atoms with Crippen LogP contribution in [0.4, 0.5) is 0 Å². The highest BCUT2D eigenvalue weighted by molar-refractivity contribution is 5.91. The lowest BCUT2D eigenvalue weighted by molar-refractivity contribution is -0.116. The molecule has 0 fully saturated rings. The highest BCUT2D eigenvalue weighted by atomic mass is 16.5. The van der Waals surface area contributed by atoms with Crippen molar-refractivity contribution in [3.8, 4) is 5.75 Å². The molecule has 1 aliphatic rings. The summed E-state index contributed by atoms with van der Waals surface area (Å²) in [6, 6.07) is 11.6. The highest BCUT2D eigenvalue weighted by Gasteiger charge is 2.11. The zero-order valence-electron chi connectivity index (χ0n) is 13.0. The van der Waals surface area contributed by atoms with E-state index in [1.807, 2.05) is 40.9 Å². The number of fused-ring (bicyclic) bond motifs is 2. The lowest BCUT2D eigenvalue weighted by Crippen LogP contribution is -2.21. The van der Waals surface area contributed by atoms with Crippen molar-refractivity contribution in [1.29, 1.82) is 0 Å². The zero-order valence-corrected chi connectivity index (χ0v) is 13.0. The predicted molar refractivity (Wildman–Crippen MR) is 89.5 cm³/mol. The molecule has 1 aliphatic heterocycles. The van der Waals surface area contributed by atoms with Crippen molar-refractivity contribution in [3.05, 3.63) is 65.6 Å². The maximum Gasteiger partial charge on any atom is 0.244 e. The first-order valence-electron chi connectivity index (χ1n) is 7.80. The maximum atomic E-state index is 12.0. The Morgan fingerprint density at radius 2 is 2.25 bits per heavy atom. The monoisotopic (exact) mass is 320 g/mol. The third-order valence-electron chi connectivity index (χ3n) is 3.95. The summed E-state index contributed by atoms with van der Waals surface area (Å²) in [5, 5.41) is 11.0. The fourth-order valence-corrected chi connectivity index (χ4v) is 2.72. The number of carbonyl (C=O) groups is 1. The first kappa shape index (κ1) is 14.4. The van der Waals surface area contributed by atoms with Gasteiger partial charge in [0.1, 0.15) is 5.75 Å². The van der Waals surface area contributed by atoms with Crippen LogP contribution < -0.4 is 10.1 Å². The van der Waals surface area contributed by atoms with Gasteiger partial charge in [-0.15, -0.1) is 10.2 Å². The predicted octanol–water partition coefficient (Wildman–Crippen LogP) is 1.99. The molecule has 2 aromatic heterocycles. The van der Waals surface area contributed by atoms with E-state index >= 15 is 0 Å². The molecule has 6 nitrogen and oxygen atoms in total. The number of ether oxygens (including phenoxy) is 1. The van der Waals surface area contributed by atoms with Crippen molar-refractivity contribution < 1.29 is 9.53 Å². The highest BCUT2D eigenvalue weighted by Crippen LogP contribution is 2.26. The van der Waals surface area contributed by atoms with Crippen LogP contribution in [0.2, 0.25) is 0 Å². The molecule has 3 aromatic rings. The third kappa shape index (κ3) is 2.86. The Morgan fingerprint density at radius 1 is 1.29 bits per heavy atom. The average molecular weight is 320 g/mol. The fourth-order valence-electron chi connectivity index (χ4n) is 2.72. The van der Waals surface area contributed by atoms with Gasteiger partial charge in [0, 0.05) is 18.7 Å². The molecule has 0 radical (unpaired) electrons. The first-order chi connectivity index (χ1) is 11.8. The van der Waals surface area contributed by atoms with Crippen LogP contribution in [0, 0.1) is 0 Å². The molecule has 0 unspecified atom stereocenters. The maximum absolute atomic E-state index is 12.0. The van der Waals surface area contributed by atoms with Gasteiger partial charge in [0.25, 0.3) is 0 Å². The van der Waals surface area contributed by atoms with Crippen LogP contribution in [0.3, 0.4) is 0 Å². The summed E-state index contributed by atoms with van der Waals surface area (Å²) >= 11 is 0. The van der Waals surface area contributed by atoms with Crippen LogP contribution in [0.25, 0.3) is 11.7 Å². The minimum absolute atomic E-state index is 0.167. The molecule has 120 valence electrons. The van der Waals surface area contributed by atoms with Gasteiger partial charge in [-0.3, -0.25) is 9.20 Å². The van der Waals surface area contributed by atoms with Crippen molar-refractivity contribution in [1.82, 2.24) is 19.9 Å². The van der Waals surface area contributed by atoms with E-state index in [4.69, 9.17) is 4.74 Å². The first-order valence-corrected chi connectivity index (χ1v) is 7.80. The van der Waals surface area contributed by atoms with Crippen LogP contribution in [0.15, 0.2) is 48.7 Å². The molecular weight excluding hydrogens is 304 g/mol. The van der Waals surface area contributed by atoms with E-state index in [0.29, 0.717) is 12.4 Å². The van der Waals surface area contributed by atoms with E-state index in [-0.39, 0.29) is 5.91 Å². The Hall–Kier alpha value is -3.15. The van der Waals surface area contributed by atoms with Gasteiger partial charge in [-0.05, 0) is 41.5 Å². The van der Waals surface area contributed by atoms with Gasteiger partial charge >= 0.3 is 0 Å². The van der Waals surface area contributed by atoms with Crippen molar-refractivity contribution in [2.45, 2.75) is 13.0 Å². The molecule has 0 aliphatic carbocycles. The zero-order chi connectivity index (χ0) is 16.4. The second kappa shape index (κ2) is 6.16. The number of amides is 1. The Kier molecular flexibility index (Phi) is 3.70. The standard InChI is InChI=1S/C18H16N4O2/c23-18(7-5-13-4-6-15-14(11-13)8-10-24-15)19-12-17-21-20-16-3-1-2-9-22(16)17/h1-7,9,11H,8,10,12H2,(H,19,23)/b7-5+. The summed E-state index contributed by atoms with van der Waals surface area (Å²) in [6.07, 6.45) is 6.12. The van der Waals surface area contributed by atoms with E-state index in [1.54, 1.807) is 6.08 Å². The number of carbonyl (C=O) groups excluding carboxylic acids is 1.